The zero-order valence-corrected chi connectivity index (χ0v) is 9.63. The van der Waals surface area contributed by atoms with E-state index in [4.69, 9.17) is 4.74 Å². The molecule has 0 aromatic carbocycles. The molecule has 2 heteroatoms. The van der Waals surface area contributed by atoms with Gasteiger partial charge in [-0.15, -0.1) is 0 Å². The van der Waals surface area contributed by atoms with Crippen LogP contribution < -0.4 is 0 Å². The number of methoxy groups -OCH3 is 1. The lowest BCUT2D eigenvalue weighted by atomic mass is 10.0. The van der Waals surface area contributed by atoms with E-state index in [1.165, 1.54) is 12.8 Å². The molecule has 1 fully saturated rings. The minimum atomic E-state index is 0.277. The highest BCUT2D eigenvalue weighted by Gasteiger charge is 2.37. The molecule has 78 valence electrons. The van der Waals surface area contributed by atoms with Crippen LogP contribution in [0.2, 0.25) is 0 Å². The van der Waals surface area contributed by atoms with Crippen LogP contribution in [0.3, 0.4) is 0 Å². The molecule has 1 aliphatic heterocycles. The Bertz CT molecular complexity index is 160. The fourth-order valence-corrected chi connectivity index (χ4v) is 2.64. The molecule has 0 aromatic heterocycles. The topological polar surface area (TPSA) is 12.5 Å². The van der Waals surface area contributed by atoms with Gasteiger partial charge in [-0.25, -0.2) is 0 Å². The molecule has 0 aromatic rings. The summed E-state index contributed by atoms with van der Waals surface area (Å²) in [5.41, 5.74) is 0.277. The lowest BCUT2D eigenvalue weighted by Gasteiger charge is -2.40. The van der Waals surface area contributed by atoms with E-state index in [-0.39, 0.29) is 5.54 Å². The van der Waals surface area contributed by atoms with Crippen LogP contribution in [0.4, 0.5) is 0 Å². The third-order valence-electron chi connectivity index (χ3n) is 2.92. The summed E-state index contributed by atoms with van der Waals surface area (Å²) in [6.07, 6.45) is 2.59. The minimum Gasteiger partial charge on any atom is -0.383 e. The van der Waals surface area contributed by atoms with Crippen LogP contribution in [0.1, 0.15) is 40.5 Å². The summed E-state index contributed by atoms with van der Waals surface area (Å²) < 4.78 is 5.26. The van der Waals surface area contributed by atoms with E-state index in [0.717, 1.165) is 6.61 Å². The molecule has 0 saturated carbocycles. The van der Waals surface area contributed by atoms with Crippen molar-refractivity contribution >= 4 is 0 Å². The highest BCUT2D eigenvalue weighted by molar-refractivity contribution is 4.92. The van der Waals surface area contributed by atoms with Crippen LogP contribution in [-0.2, 0) is 4.74 Å². The minimum absolute atomic E-state index is 0.277. The van der Waals surface area contributed by atoms with Crippen LogP contribution in [0.5, 0.6) is 0 Å². The smallest absolute Gasteiger partial charge is 0.0618 e. The molecule has 0 amide bonds. The van der Waals surface area contributed by atoms with Crippen LogP contribution in [0, 0.1) is 0 Å². The maximum Gasteiger partial charge on any atom is 0.0618 e. The van der Waals surface area contributed by atoms with Gasteiger partial charge in [-0.05, 0) is 40.5 Å². The fourth-order valence-electron chi connectivity index (χ4n) is 2.64. The number of nitrogens with zero attached hydrogens (tertiary/aromatic N) is 1. The van der Waals surface area contributed by atoms with Gasteiger partial charge in [0.05, 0.1) is 6.61 Å². The van der Waals surface area contributed by atoms with Crippen LogP contribution in [-0.4, -0.2) is 36.2 Å². The summed E-state index contributed by atoms with van der Waals surface area (Å²) in [7, 11) is 1.80. The SMILES string of the molecule is COC[C@H]1CC[C@@H](C)N1C(C)(C)C. The molecule has 2 atom stereocenters. The molecule has 0 radical (unpaired) electrons. The van der Waals surface area contributed by atoms with Gasteiger partial charge in [-0.1, -0.05) is 0 Å². The number of ether oxygens (including phenoxy) is 1. The third kappa shape index (κ3) is 2.44. The van der Waals surface area contributed by atoms with Gasteiger partial charge >= 0.3 is 0 Å². The summed E-state index contributed by atoms with van der Waals surface area (Å²) in [5, 5.41) is 0. The molecule has 0 bridgehead atoms. The van der Waals surface area contributed by atoms with E-state index < -0.39 is 0 Å². The van der Waals surface area contributed by atoms with E-state index in [2.05, 4.69) is 32.6 Å². The maximum atomic E-state index is 5.26. The first-order valence-corrected chi connectivity index (χ1v) is 5.24. The van der Waals surface area contributed by atoms with Gasteiger partial charge in [-0.3, -0.25) is 4.90 Å². The van der Waals surface area contributed by atoms with Crippen molar-refractivity contribution in [3.8, 4) is 0 Å². The normalized spacial score (nSPS) is 31.2. The standard InChI is InChI=1S/C11H23NO/c1-9-6-7-10(8-13-5)12(9)11(2,3)4/h9-10H,6-8H2,1-5H3/t9-,10-/m1/s1. The summed E-state index contributed by atoms with van der Waals surface area (Å²) >= 11 is 0. The van der Waals surface area contributed by atoms with Crippen LogP contribution in [0.25, 0.3) is 0 Å². The Morgan fingerprint density at radius 3 is 2.38 bits per heavy atom. The van der Waals surface area contributed by atoms with Crippen molar-refractivity contribution in [1.29, 1.82) is 0 Å². The quantitative estimate of drug-likeness (QED) is 0.654. The second kappa shape index (κ2) is 3.97. The van der Waals surface area contributed by atoms with Crippen molar-refractivity contribution in [2.45, 2.75) is 58.2 Å². The molecule has 0 aliphatic carbocycles. The Morgan fingerprint density at radius 2 is 1.92 bits per heavy atom. The van der Waals surface area contributed by atoms with E-state index in [0.29, 0.717) is 12.1 Å². The average Bonchev–Trinajstić information content (AvgIpc) is 2.31. The Morgan fingerprint density at radius 1 is 1.31 bits per heavy atom. The van der Waals surface area contributed by atoms with Crippen molar-refractivity contribution in [2.24, 2.45) is 0 Å². The molecule has 0 unspecified atom stereocenters. The first-order valence-electron chi connectivity index (χ1n) is 5.24. The lowest BCUT2D eigenvalue weighted by Crippen LogP contribution is -2.49. The van der Waals surface area contributed by atoms with E-state index in [1.807, 2.05) is 0 Å². The van der Waals surface area contributed by atoms with Crippen molar-refractivity contribution in [3.05, 3.63) is 0 Å². The number of hydrogen-bond donors (Lipinski definition) is 0. The van der Waals surface area contributed by atoms with E-state index in [1.54, 1.807) is 7.11 Å². The molecule has 1 heterocycles. The van der Waals surface area contributed by atoms with Gasteiger partial charge in [0, 0.05) is 24.7 Å². The first-order chi connectivity index (χ1) is 5.96. The molecule has 13 heavy (non-hydrogen) atoms. The van der Waals surface area contributed by atoms with Gasteiger partial charge in [0.2, 0.25) is 0 Å². The maximum absolute atomic E-state index is 5.26. The average molecular weight is 185 g/mol. The predicted molar refractivity (Wildman–Crippen MR) is 56.0 cm³/mol. The molecule has 1 saturated heterocycles. The number of rotatable bonds is 2. The fraction of sp³-hybridized carbons (Fsp3) is 1.00. The molecule has 1 aliphatic rings. The van der Waals surface area contributed by atoms with Gasteiger partial charge in [0.25, 0.3) is 0 Å². The predicted octanol–water partition coefficient (Wildman–Crippen LogP) is 2.28. The summed E-state index contributed by atoms with van der Waals surface area (Å²) in [4.78, 5) is 2.59. The molecule has 0 N–H and O–H groups in total. The van der Waals surface area contributed by atoms with E-state index >= 15 is 0 Å². The lowest BCUT2D eigenvalue weighted by molar-refractivity contribution is 0.0374. The first kappa shape index (κ1) is 11.0. The summed E-state index contributed by atoms with van der Waals surface area (Å²) in [5.74, 6) is 0. The number of likely N-dealkylation sites (tertiary alicyclic amines) is 1. The zero-order chi connectivity index (χ0) is 10.1. The molecule has 1 rings (SSSR count). The largest absolute Gasteiger partial charge is 0.383 e. The van der Waals surface area contributed by atoms with Crippen molar-refractivity contribution < 1.29 is 4.74 Å². The van der Waals surface area contributed by atoms with E-state index in [9.17, 15) is 0 Å². The number of hydrogen-bond acceptors (Lipinski definition) is 2. The second-order valence-corrected chi connectivity index (χ2v) is 5.11. The van der Waals surface area contributed by atoms with Crippen molar-refractivity contribution in [3.63, 3.8) is 0 Å². The van der Waals surface area contributed by atoms with Crippen molar-refractivity contribution in [2.75, 3.05) is 13.7 Å². The van der Waals surface area contributed by atoms with Gasteiger partial charge < -0.3 is 4.74 Å². The summed E-state index contributed by atoms with van der Waals surface area (Å²) in [6, 6.07) is 1.33. The van der Waals surface area contributed by atoms with Crippen LogP contribution in [0.15, 0.2) is 0 Å². The Labute approximate surface area is 82.3 Å². The molecule has 2 nitrogen and oxygen atoms in total. The highest BCUT2D eigenvalue weighted by atomic mass is 16.5. The molecular weight excluding hydrogens is 162 g/mol. The molecule has 0 spiro atoms. The Kier molecular flexibility index (Phi) is 3.36. The van der Waals surface area contributed by atoms with Gasteiger partial charge in [0.15, 0.2) is 0 Å². The molecular formula is C11H23NO. The highest BCUT2D eigenvalue weighted by Crippen LogP contribution is 2.31. The Balaban J connectivity index is 2.65. The third-order valence-corrected chi connectivity index (χ3v) is 2.92. The van der Waals surface area contributed by atoms with Crippen LogP contribution >= 0.6 is 0 Å². The zero-order valence-electron chi connectivity index (χ0n) is 9.63. The summed E-state index contributed by atoms with van der Waals surface area (Å²) in [6.45, 7) is 10.1. The van der Waals surface area contributed by atoms with Gasteiger partial charge in [-0.2, -0.15) is 0 Å². The Hall–Kier alpha value is -0.0800. The monoisotopic (exact) mass is 185 g/mol. The van der Waals surface area contributed by atoms with Gasteiger partial charge in [0.1, 0.15) is 0 Å². The van der Waals surface area contributed by atoms with Crippen molar-refractivity contribution in [1.82, 2.24) is 4.90 Å². The second-order valence-electron chi connectivity index (χ2n) is 5.11.